The van der Waals surface area contributed by atoms with E-state index in [1.807, 2.05) is 45.2 Å². The Balaban J connectivity index is 0.000000152. The Morgan fingerprint density at radius 1 is 0.407 bits per heavy atom. The van der Waals surface area contributed by atoms with E-state index in [0.717, 1.165) is 17.4 Å². The van der Waals surface area contributed by atoms with Gasteiger partial charge >= 0.3 is 11.9 Å². The van der Waals surface area contributed by atoms with E-state index < -0.39 is 35.0 Å². The van der Waals surface area contributed by atoms with E-state index in [-0.39, 0.29) is 43.4 Å². The highest BCUT2D eigenvalue weighted by Gasteiger charge is 2.29. The summed E-state index contributed by atoms with van der Waals surface area (Å²) in [6.07, 6.45) is 0. The fourth-order valence-corrected chi connectivity index (χ4v) is 16.6. The number of hydrogen-bond acceptors (Lipinski definition) is 7. The van der Waals surface area contributed by atoms with Crippen molar-refractivity contribution in [1.82, 2.24) is 0 Å². The van der Waals surface area contributed by atoms with Crippen molar-refractivity contribution in [3.8, 4) is 16.4 Å². The molecule has 0 radical (unpaired) electrons. The lowest BCUT2D eigenvalue weighted by Crippen LogP contribution is -2.43. The summed E-state index contributed by atoms with van der Waals surface area (Å²) in [5, 5.41) is 59.7. The molecule has 14 heteroatoms. The van der Waals surface area contributed by atoms with Crippen LogP contribution in [-0.2, 0) is 26.6 Å². The number of rotatable bonds is 10. The summed E-state index contributed by atoms with van der Waals surface area (Å²) in [6.45, 7) is 2.31. The highest BCUT2D eigenvalue weighted by molar-refractivity contribution is 14.1. The third kappa shape index (κ3) is 18.6. The Morgan fingerprint density at radius 2 is 0.686 bits per heavy atom. The van der Waals surface area contributed by atoms with E-state index >= 15 is 0 Å². The summed E-state index contributed by atoms with van der Waals surface area (Å²) in [6, 6.07) is 101. The molecule has 0 unspecified atom stereocenters. The number of carboxylic acids is 3. The number of carbonyl (C=O) groups excluding carboxylic acids is 1. The van der Waals surface area contributed by atoms with Crippen molar-refractivity contribution in [2.24, 2.45) is 0 Å². The third-order valence-electron chi connectivity index (χ3n) is 12.2. The number of thiophene rings is 1. The van der Waals surface area contributed by atoms with Gasteiger partial charge in [0.05, 0.1) is 44.5 Å². The van der Waals surface area contributed by atoms with Gasteiger partial charge in [0.15, 0.2) is 43.7 Å². The molecular formula is C72H58I2O9S3. The quantitative estimate of drug-likeness (QED) is 0.0887. The predicted molar refractivity (Wildman–Crippen MR) is 361 cm³/mol. The number of halogens is 2. The molecule has 11 aromatic carbocycles. The molecule has 0 fully saturated rings. The summed E-state index contributed by atoms with van der Waals surface area (Å²) in [4.78, 5) is 40.0. The van der Waals surface area contributed by atoms with Crippen molar-refractivity contribution in [2.45, 2.75) is 48.8 Å². The van der Waals surface area contributed by atoms with Gasteiger partial charge in [0, 0.05) is 28.4 Å². The number of aliphatic hydroxyl groups is 1. The van der Waals surface area contributed by atoms with Crippen molar-refractivity contribution >= 4 is 116 Å². The standard InChI is InChI=1S/C18H13S.2C18H15S.C7H4I2O3.C7H6O3.C4H8O3/c1-2-8-14(9-3-1)19-17-12-6-4-10-15(17)16-11-5-7-13-18(16)19;2*1-4-10-16(11-5-1)19(17-12-6-2-7-13-17)18-14-8-3-9-15-18;8-3-1-4(7(11)12)6(10)5(9)2-3;8-6-4-2-1-3-5(6)7(9)10;1-4(2,7)3(5)6/h1-13H;2*1-15H;1-2,10H,(H,11,12);1-4,8H,(H,9,10);7H,1-2H3,(H,5,6)/q3*+1;;;/p-3. The largest absolute Gasteiger partial charge is 0.872 e. The minimum absolute atomic E-state index is 0.0146. The number of para-hydroxylation sites is 1. The van der Waals surface area contributed by atoms with Gasteiger partial charge in [-0.25, -0.2) is 9.59 Å². The van der Waals surface area contributed by atoms with Crippen molar-refractivity contribution in [2.75, 3.05) is 0 Å². The number of carbonyl (C=O) groups is 3. The highest BCUT2D eigenvalue weighted by Crippen LogP contribution is 2.48. The molecule has 0 bridgehead atoms. The Labute approximate surface area is 536 Å². The lowest BCUT2D eigenvalue weighted by Gasteiger charge is -2.16. The zero-order valence-corrected chi connectivity index (χ0v) is 53.3. The van der Waals surface area contributed by atoms with Gasteiger partial charge in [0.25, 0.3) is 0 Å². The van der Waals surface area contributed by atoms with Crippen LogP contribution in [0.25, 0.3) is 25.1 Å². The first kappa shape index (κ1) is 65.3. The van der Waals surface area contributed by atoms with E-state index in [9.17, 15) is 29.7 Å². The van der Waals surface area contributed by atoms with Crippen molar-refractivity contribution in [3.05, 3.63) is 316 Å². The Kier molecular flexibility index (Phi) is 25.0. The maximum absolute atomic E-state index is 11.2. The Bertz CT molecular complexity index is 3700. The average Bonchev–Trinajstić information content (AvgIpc) is 1.95. The molecule has 0 spiro atoms. The number of benzene rings is 11. The molecule has 0 saturated heterocycles. The molecule has 0 atom stereocenters. The second-order valence-electron chi connectivity index (χ2n) is 18.8. The van der Waals surface area contributed by atoms with Crippen LogP contribution in [0.5, 0.6) is 11.5 Å². The summed E-state index contributed by atoms with van der Waals surface area (Å²) >= 11 is 3.80. The first-order chi connectivity index (χ1) is 41.5. The van der Waals surface area contributed by atoms with Gasteiger partial charge in [-0.1, -0.05) is 181 Å². The maximum Gasteiger partial charge on any atom is 0.335 e. The second kappa shape index (κ2) is 32.9. The Hall–Kier alpha value is -8.23. The van der Waals surface area contributed by atoms with E-state index in [4.69, 9.17) is 15.3 Å². The summed E-state index contributed by atoms with van der Waals surface area (Å²) in [7, 11) is 0.0302. The first-order valence-corrected chi connectivity index (χ1v) is 32.5. The fraction of sp³-hybridized carbons (Fsp3) is 0.0417. The SMILES string of the molecule is CC(C)(O)C(=O)[O-].O=C(O)c1cc(I)cc(I)c1[O-].O=C(O)c1ccccc1[O-].c1ccc(-[s+]2c3ccccc3c3ccccc32)cc1.c1ccc([S+](c2ccccc2)c2ccccc2)cc1.c1ccc([S+](c2ccccc2)c2ccccc2)cc1. The molecule has 3 N–H and O–H groups in total. The van der Waals surface area contributed by atoms with Crippen LogP contribution in [0.3, 0.4) is 0 Å². The van der Waals surface area contributed by atoms with Gasteiger partial charge in [0.1, 0.15) is 0 Å². The summed E-state index contributed by atoms with van der Waals surface area (Å²) in [5.41, 5.74) is -2.03. The number of aromatic carboxylic acids is 2. The molecule has 1 aromatic heterocycles. The lowest BCUT2D eigenvalue weighted by atomic mass is 10.1. The van der Waals surface area contributed by atoms with Crippen LogP contribution in [-0.4, -0.2) is 38.8 Å². The van der Waals surface area contributed by atoms with Gasteiger partial charge < -0.3 is 35.4 Å². The van der Waals surface area contributed by atoms with Gasteiger partial charge in [0.2, 0.25) is 0 Å². The molecule has 0 saturated carbocycles. The molecule has 1 heterocycles. The molecule has 9 nitrogen and oxygen atoms in total. The van der Waals surface area contributed by atoms with Crippen LogP contribution in [0.1, 0.15) is 34.6 Å². The summed E-state index contributed by atoms with van der Waals surface area (Å²) in [5.74, 6) is -4.66. The first-order valence-electron chi connectivity index (χ1n) is 26.6. The predicted octanol–water partition coefficient (Wildman–Crippen LogP) is 15.9. The van der Waals surface area contributed by atoms with Gasteiger partial charge in [-0.3, -0.25) is 0 Å². The average molecular weight is 1420 g/mol. The zero-order valence-electron chi connectivity index (χ0n) is 46.6. The lowest BCUT2D eigenvalue weighted by molar-refractivity contribution is -0.322. The van der Waals surface area contributed by atoms with Gasteiger partial charge in [-0.05, 0) is 186 Å². The van der Waals surface area contributed by atoms with E-state index in [2.05, 4.69) is 261 Å². The third-order valence-corrected chi connectivity index (χ3v) is 20.4. The molecule has 432 valence electrons. The molecule has 12 rings (SSSR count). The minimum Gasteiger partial charge on any atom is -0.872 e. The molecular weight excluding hydrogens is 1360 g/mol. The number of carboxylic acid groups (broad SMARTS) is 3. The van der Waals surface area contributed by atoms with Gasteiger partial charge in [-0.2, -0.15) is 0 Å². The molecule has 0 aliphatic carbocycles. The van der Waals surface area contributed by atoms with E-state index in [1.54, 1.807) is 6.07 Å². The fourth-order valence-electron chi connectivity index (χ4n) is 8.18. The van der Waals surface area contributed by atoms with Crippen LogP contribution in [0.4, 0.5) is 0 Å². The van der Waals surface area contributed by atoms with Crippen LogP contribution >= 0.6 is 55.7 Å². The summed E-state index contributed by atoms with van der Waals surface area (Å²) < 4.78 is 4.11. The molecule has 0 aliphatic heterocycles. The number of fused-ring (bicyclic) bond motifs is 3. The van der Waals surface area contributed by atoms with Crippen molar-refractivity contribution in [3.63, 3.8) is 0 Å². The topological polar surface area (TPSA) is 181 Å². The van der Waals surface area contributed by atoms with Crippen LogP contribution in [0.15, 0.2) is 327 Å². The minimum atomic E-state index is -1.69. The molecule has 0 aliphatic rings. The van der Waals surface area contributed by atoms with Crippen molar-refractivity contribution < 1.29 is 45.0 Å². The van der Waals surface area contributed by atoms with Crippen molar-refractivity contribution in [1.29, 1.82) is 0 Å². The van der Waals surface area contributed by atoms with Gasteiger partial charge in [-0.15, -0.1) is 0 Å². The zero-order chi connectivity index (χ0) is 61.4. The Morgan fingerprint density at radius 3 is 0.977 bits per heavy atom. The maximum atomic E-state index is 11.2. The highest BCUT2D eigenvalue weighted by atomic mass is 127. The van der Waals surface area contributed by atoms with E-state index in [0.29, 0.717) is 3.57 Å². The number of hydrogen-bond donors (Lipinski definition) is 3. The number of aliphatic carboxylic acids is 1. The van der Waals surface area contributed by atoms with E-state index in [1.165, 1.54) is 84.8 Å². The normalized spacial score (nSPS) is 10.5. The molecule has 12 aromatic rings. The van der Waals surface area contributed by atoms with Crippen LogP contribution in [0.2, 0.25) is 0 Å². The molecule has 0 amide bonds. The monoisotopic (exact) mass is 1420 g/mol. The van der Waals surface area contributed by atoms with Crippen LogP contribution < -0.4 is 15.3 Å². The van der Waals surface area contributed by atoms with Crippen LogP contribution in [0, 0.1) is 7.14 Å². The second-order valence-corrected chi connectivity index (χ2v) is 27.2. The molecule has 86 heavy (non-hydrogen) atoms. The smallest absolute Gasteiger partial charge is 0.335 e.